The van der Waals surface area contributed by atoms with Crippen LogP contribution in [0.1, 0.15) is 26.3 Å². The maximum Gasteiger partial charge on any atom is 0.416 e. The molecule has 1 aromatic carbocycles. The lowest BCUT2D eigenvalue weighted by molar-refractivity contribution is -0.137. The van der Waals surface area contributed by atoms with E-state index in [0.717, 1.165) is 12.1 Å². The second-order valence-electron chi connectivity index (χ2n) is 6.17. The highest BCUT2D eigenvalue weighted by Crippen LogP contribution is 2.32. The zero-order chi connectivity index (χ0) is 17.5. The number of hydrogen-bond donors (Lipinski definition) is 0. The van der Waals surface area contributed by atoms with Gasteiger partial charge < -0.3 is 4.42 Å². The molecule has 0 amide bonds. The molecule has 0 aliphatic carbocycles. The molecule has 0 atom stereocenters. The van der Waals surface area contributed by atoms with Crippen molar-refractivity contribution in [3.63, 3.8) is 0 Å². The summed E-state index contributed by atoms with van der Waals surface area (Å²) in [5.41, 5.74) is -0.872. The Morgan fingerprint density at radius 3 is 2.38 bits per heavy atom. The van der Waals surface area contributed by atoms with Crippen LogP contribution in [0.15, 0.2) is 35.0 Å². The van der Waals surface area contributed by atoms with E-state index in [1.165, 1.54) is 18.5 Å². The van der Waals surface area contributed by atoms with E-state index in [1.807, 2.05) is 20.8 Å². The van der Waals surface area contributed by atoms with E-state index in [1.54, 1.807) is 4.68 Å². The molecule has 0 saturated carbocycles. The molecule has 0 aliphatic heterocycles. The first-order valence-electron chi connectivity index (χ1n) is 7.08. The van der Waals surface area contributed by atoms with Crippen molar-refractivity contribution in [2.75, 3.05) is 0 Å². The van der Waals surface area contributed by atoms with Gasteiger partial charge >= 0.3 is 6.18 Å². The Morgan fingerprint density at radius 1 is 1.04 bits per heavy atom. The molecule has 2 aromatic heterocycles. The van der Waals surface area contributed by atoms with Crippen LogP contribution < -0.4 is 0 Å². The second kappa shape index (κ2) is 5.43. The largest absolute Gasteiger partial charge is 0.416 e. The van der Waals surface area contributed by atoms with Gasteiger partial charge in [-0.25, -0.2) is 9.67 Å². The van der Waals surface area contributed by atoms with Gasteiger partial charge in [0.2, 0.25) is 11.7 Å². The molecule has 9 heteroatoms. The first-order valence-corrected chi connectivity index (χ1v) is 7.08. The van der Waals surface area contributed by atoms with Gasteiger partial charge in [-0.2, -0.15) is 13.2 Å². The minimum absolute atomic E-state index is 0.0248. The zero-order valence-electron chi connectivity index (χ0n) is 13.2. The van der Waals surface area contributed by atoms with E-state index >= 15 is 0 Å². The first-order chi connectivity index (χ1) is 11.1. The van der Waals surface area contributed by atoms with E-state index in [0.29, 0.717) is 0 Å². The molecule has 126 valence electrons. The predicted molar refractivity (Wildman–Crippen MR) is 78.7 cm³/mol. The molecule has 24 heavy (non-hydrogen) atoms. The summed E-state index contributed by atoms with van der Waals surface area (Å²) >= 11 is 0. The number of hydrogen-bond acceptors (Lipinski definition) is 5. The van der Waals surface area contributed by atoms with E-state index in [4.69, 9.17) is 4.42 Å². The van der Waals surface area contributed by atoms with Gasteiger partial charge in [0.25, 0.3) is 5.89 Å². The molecule has 0 bridgehead atoms. The predicted octanol–water partition coefficient (Wildman–Crippen LogP) is 3.77. The SMILES string of the molecule is CC(C)(C)n1cnc(-c2nnc(-c3cccc(C(F)(F)F)c3)o2)n1. The van der Waals surface area contributed by atoms with Crippen molar-refractivity contribution < 1.29 is 17.6 Å². The molecule has 0 radical (unpaired) electrons. The van der Waals surface area contributed by atoms with Crippen LogP contribution in [0.3, 0.4) is 0 Å². The lowest BCUT2D eigenvalue weighted by Crippen LogP contribution is -2.22. The van der Waals surface area contributed by atoms with Gasteiger partial charge in [0.15, 0.2) is 0 Å². The number of aromatic nitrogens is 5. The molecular formula is C15H14F3N5O. The van der Waals surface area contributed by atoms with Crippen molar-refractivity contribution in [3.8, 4) is 23.2 Å². The third kappa shape index (κ3) is 3.15. The van der Waals surface area contributed by atoms with Crippen LogP contribution in [-0.2, 0) is 11.7 Å². The molecule has 0 N–H and O–H groups in total. The quantitative estimate of drug-likeness (QED) is 0.712. The minimum Gasteiger partial charge on any atom is -0.413 e. The summed E-state index contributed by atoms with van der Waals surface area (Å²) in [7, 11) is 0. The Balaban J connectivity index is 1.93. The highest BCUT2D eigenvalue weighted by Gasteiger charge is 2.31. The lowest BCUT2D eigenvalue weighted by atomic mass is 10.1. The molecule has 2 heterocycles. The Kier molecular flexibility index (Phi) is 3.66. The Labute approximate surface area is 135 Å². The maximum absolute atomic E-state index is 12.8. The number of benzene rings is 1. The molecule has 0 aliphatic rings. The number of alkyl halides is 3. The average molecular weight is 337 g/mol. The summed E-state index contributed by atoms with van der Waals surface area (Å²) < 4.78 is 45.4. The normalized spacial score (nSPS) is 12.6. The van der Waals surface area contributed by atoms with Crippen LogP contribution in [0.25, 0.3) is 23.2 Å². The zero-order valence-corrected chi connectivity index (χ0v) is 13.2. The standard InChI is InChI=1S/C15H14F3N5O/c1-14(2,3)23-8-19-11(22-23)13-21-20-12(24-13)9-5-4-6-10(7-9)15(16,17)18/h4-8H,1-3H3. The summed E-state index contributed by atoms with van der Waals surface area (Å²) in [6.45, 7) is 5.86. The van der Waals surface area contributed by atoms with E-state index in [9.17, 15) is 13.2 Å². The van der Waals surface area contributed by atoms with Gasteiger partial charge in [-0.15, -0.1) is 15.3 Å². The van der Waals surface area contributed by atoms with Gasteiger partial charge in [0.1, 0.15) is 6.33 Å². The van der Waals surface area contributed by atoms with Gasteiger partial charge in [-0.3, -0.25) is 0 Å². The Morgan fingerprint density at radius 2 is 1.75 bits per heavy atom. The topological polar surface area (TPSA) is 69.6 Å². The van der Waals surface area contributed by atoms with Gasteiger partial charge in [0.05, 0.1) is 11.1 Å². The fraction of sp³-hybridized carbons (Fsp3) is 0.333. The summed E-state index contributed by atoms with van der Waals surface area (Å²) in [5, 5.41) is 11.8. The summed E-state index contributed by atoms with van der Waals surface area (Å²) in [6.07, 6.45) is -2.91. The highest BCUT2D eigenvalue weighted by atomic mass is 19.4. The van der Waals surface area contributed by atoms with Gasteiger partial charge in [-0.1, -0.05) is 6.07 Å². The van der Waals surface area contributed by atoms with Crippen LogP contribution in [0.5, 0.6) is 0 Å². The third-order valence-electron chi connectivity index (χ3n) is 3.23. The fourth-order valence-corrected chi connectivity index (χ4v) is 1.94. The average Bonchev–Trinajstić information content (AvgIpc) is 3.15. The van der Waals surface area contributed by atoms with Crippen molar-refractivity contribution in [2.24, 2.45) is 0 Å². The van der Waals surface area contributed by atoms with Crippen LogP contribution in [-0.4, -0.2) is 25.0 Å². The van der Waals surface area contributed by atoms with Crippen LogP contribution >= 0.6 is 0 Å². The summed E-state index contributed by atoms with van der Waals surface area (Å²) in [6, 6.07) is 4.69. The molecule has 3 aromatic rings. The van der Waals surface area contributed by atoms with Crippen molar-refractivity contribution >= 4 is 0 Å². The van der Waals surface area contributed by atoms with Crippen LogP contribution in [0, 0.1) is 0 Å². The maximum atomic E-state index is 12.8. The monoisotopic (exact) mass is 337 g/mol. The molecule has 0 unspecified atom stereocenters. The number of rotatable bonds is 2. The smallest absolute Gasteiger partial charge is 0.413 e. The molecular weight excluding hydrogens is 323 g/mol. The fourth-order valence-electron chi connectivity index (χ4n) is 1.94. The lowest BCUT2D eigenvalue weighted by Gasteiger charge is -2.17. The first kappa shape index (κ1) is 16.2. The van der Waals surface area contributed by atoms with Gasteiger partial charge in [0, 0.05) is 5.56 Å². The van der Waals surface area contributed by atoms with E-state index in [-0.39, 0.29) is 28.7 Å². The van der Waals surface area contributed by atoms with Gasteiger partial charge in [-0.05, 0) is 39.0 Å². The van der Waals surface area contributed by atoms with E-state index < -0.39 is 11.7 Å². The molecule has 0 spiro atoms. The van der Waals surface area contributed by atoms with Crippen molar-refractivity contribution in [1.29, 1.82) is 0 Å². The third-order valence-corrected chi connectivity index (χ3v) is 3.23. The molecule has 0 fully saturated rings. The minimum atomic E-state index is -4.44. The summed E-state index contributed by atoms with van der Waals surface area (Å²) in [4.78, 5) is 4.09. The molecule has 6 nitrogen and oxygen atoms in total. The second-order valence-corrected chi connectivity index (χ2v) is 6.17. The number of nitrogens with zero attached hydrogens (tertiary/aromatic N) is 5. The molecule has 0 saturated heterocycles. The van der Waals surface area contributed by atoms with Crippen LogP contribution in [0.4, 0.5) is 13.2 Å². The summed E-state index contributed by atoms with van der Waals surface area (Å²) in [5.74, 6) is 0.240. The number of halogens is 3. The highest BCUT2D eigenvalue weighted by molar-refractivity contribution is 5.56. The molecule has 3 rings (SSSR count). The van der Waals surface area contributed by atoms with Crippen molar-refractivity contribution in [1.82, 2.24) is 25.0 Å². The Bertz CT molecular complexity index is 860. The Hall–Kier alpha value is -2.71. The van der Waals surface area contributed by atoms with Crippen molar-refractivity contribution in [2.45, 2.75) is 32.5 Å². The van der Waals surface area contributed by atoms with Crippen molar-refractivity contribution in [3.05, 3.63) is 36.2 Å². The van der Waals surface area contributed by atoms with Crippen LogP contribution in [0.2, 0.25) is 0 Å². The van der Waals surface area contributed by atoms with E-state index in [2.05, 4.69) is 20.3 Å².